The predicted octanol–water partition coefficient (Wildman–Crippen LogP) is 6.98. The van der Waals surface area contributed by atoms with E-state index in [4.69, 9.17) is 4.74 Å². The Labute approximate surface area is 229 Å². The number of aliphatic imine (C=N–C) groups is 1. The van der Waals surface area contributed by atoms with Crippen LogP contribution in [0.2, 0.25) is 0 Å². The van der Waals surface area contributed by atoms with Gasteiger partial charge in [0.05, 0.1) is 13.5 Å². The molecule has 1 N–H and O–H groups in total. The fourth-order valence-electron chi connectivity index (χ4n) is 5.58. The summed E-state index contributed by atoms with van der Waals surface area (Å²) in [6, 6.07) is 19.2. The number of carboxylic acid groups (broad SMARTS) is 1. The first-order chi connectivity index (χ1) is 18.9. The van der Waals surface area contributed by atoms with Crippen LogP contribution in [0.3, 0.4) is 0 Å². The maximum absolute atomic E-state index is 14.5. The molecule has 2 aliphatic rings. The van der Waals surface area contributed by atoms with Gasteiger partial charge in [-0.15, -0.1) is 0 Å². The van der Waals surface area contributed by atoms with E-state index in [1.165, 1.54) is 22.8 Å². The molecule has 6 heteroatoms. The number of aliphatic carboxylic acids is 1. The molecule has 0 aromatic heterocycles. The molecule has 2 heterocycles. The average molecular weight is 525 g/mol. The maximum Gasteiger partial charge on any atom is 0.305 e. The van der Waals surface area contributed by atoms with Crippen molar-refractivity contribution < 1.29 is 19.0 Å². The van der Waals surface area contributed by atoms with E-state index < -0.39 is 5.97 Å². The highest BCUT2D eigenvalue weighted by molar-refractivity contribution is 5.80. The molecule has 0 amide bonds. The molecule has 5 rings (SSSR count). The van der Waals surface area contributed by atoms with Crippen LogP contribution in [0.15, 0.2) is 89.6 Å². The highest BCUT2D eigenvalue weighted by Crippen LogP contribution is 2.34. The number of rotatable bonds is 8. The third-order valence-corrected chi connectivity index (χ3v) is 7.58. The van der Waals surface area contributed by atoms with Gasteiger partial charge >= 0.3 is 5.97 Å². The van der Waals surface area contributed by atoms with E-state index in [1.54, 1.807) is 19.2 Å². The number of hydrogen-bond acceptors (Lipinski definition) is 4. The Morgan fingerprint density at radius 1 is 1.15 bits per heavy atom. The molecule has 0 aliphatic carbocycles. The Bertz CT molecular complexity index is 1440. The Kier molecular flexibility index (Phi) is 7.92. The van der Waals surface area contributed by atoms with Gasteiger partial charge in [-0.3, -0.25) is 9.79 Å². The monoisotopic (exact) mass is 524 g/mol. The number of ether oxygens (including phenoxy) is 1. The molecule has 1 saturated heterocycles. The van der Waals surface area contributed by atoms with Crippen molar-refractivity contribution in [3.63, 3.8) is 0 Å². The number of allylic oxidation sites excluding steroid dienone is 2. The van der Waals surface area contributed by atoms with E-state index >= 15 is 0 Å². The van der Waals surface area contributed by atoms with Gasteiger partial charge in [-0.2, -0.15) is 0 Å². The van der Waals surface area contributed by atoms with Crippen LogP contribution >= 0.6 is 0 Å². The van der Waals surface area contributed by atoms with E-state index in [1.807, 2.05) is 37.5 Å². The van der Waals surface area contributed by atoms with Crippen molar-refractivity contribution in [1.29, 1.82) is 0 Å². The smallest absolute Gasteiger partial charge is 0.305 e. The Balaban J connectivity index is 1.30. The minimum atomic E-state index is -0.773. The van der Waals surface area contributed by atoms with Crippen molar-refractivity contribution in [2.24, 2.45) is 10.9 Å². The minimum Gasteiger partial charge on any atom is -0.497 e. The van der Waals surface area contributed by atoms with Crippen LogP contribution in [0.25, 0.3) is 11.1 Å². The van der Waals surface area contributed by atoms with Crippen LogP contribution in [0.1, 0.15) is 36.0 Å². The molecule has 0 radical (unpaired) electrons. The number of aryl methyl sites for hydroxylation is 1. The first-order valence-corrected chi connectivity index (χ1v) is 13.3. The van der Waals surface area contributed by atoms with Crippen LogP contribution < -0.4 is 9.64 Å². The lowest BCUT2D eigenvalue weighted by Crippen LogP contribution is -2.31. The normalized spacial score (nSPS) is 19.6. The SMILES string of the molecule is COc1ccc(F)c(-c2ccc(Cc3ccc(N4CC(C=C5C=NC=CC5)CC4CC(=O)O)cc3)c(C)c2)c1. The lowest BCUT2D eigenvalue weighted by atomic mass is 9.95. The number of carbonyl (C=O) groups is 1. The second-order valence-electron chi connectivity index (χ2n) is 10.3. The summed E-state index contributed by atoms with van der Waals surface area (Å²) in [7, 11) is 1.58. The molecule has 2 aliphatic heterocycles. The Morgan fingerprint density at radius 2 is 1.97 bits per heavy atom. The number of benzene rings is 3. The summed E-state index contributed by atoms with van der Waals surface area (Å²) in [5.41, 5.74) is 7.01. The minimum absolute atomic E-state index is 0.0435. The third kappa shape index (κ3) is 6.28. The van der Waals surface area contributed by atoms with Crippen molar-refractivity contribution in [2.45, 2.75) is 38.6 Å². The van der Waals surface area contributed by atoms with Gasteiger partial charge in [0.15, 0.2) is 0 Å². The Hall–Kier alpha value is -4.19. The predicted molar refractivity (Wildman–Crippen MR) is 154 cm³/mol. The summed E-state index contributed by atoms with van der Waals surface area (Å²) in [5.74, 6) is -0.133. The zero-order valence-corrected chi connectivity index (χ0v) is 22.3. The molecule has 5 nitrogen and oxygen atoms in total. The van der Waals surface area contributed by atoms with Crippen molar-refractivity contribution in [2.75, 3.05) is 18.6 Å². The molecule has 2 unspecified atom stereocenters. The zero-order chi connectivity index (χ0) is 27.4. The van der Waals surface area contributed by atoms with Crippen molar-refractivity contribution in [3.05, 3.63) is 107 Å². The third-order valence-electron chi connectivity index (χ3n) is 7.58. The quantitative estimate of drug-likeness (QED) is 0.345. The Morgan fingerprint density at radius 3 is 2.67 bits per heavy atom. The highest BCUT2D eigenvalue weighted by atomic mass is 19.1. The molecule has 3 aromatic carbocycles. The van der Waals surface area contributed by atoms with Crippen LogP contribution in [0.4, 0.5) is 10.1 Å². The molecular formula is C33H33FN2O3. The summed E-state index contributed by atoms with van der Waals surface area (Å²) in [4.78, 5) is 18.0. The van der Waals surface area contributed by atoms with Crippen molar-refractivity contribution in [1.82, 2.24) is 0 Å². The first-order valence-electron chi connectivity index (χ1n) is 13.3. The van der Waals surface area contributed by atoms with Gasteiger partial charge in [-0.1, -0.05) is 42.5 Å². The van der Waals surface area contributed by atoms with E-state index in [0.29, 0.717) is 11.3 Å². The molecule has 2 atom stereocenters. The zero-order valence-electron chi connectivity index (χ0n) is 22.3. The number of carboxylic acids is 1. The fourth-order valence-corrected chi connectivity index (χ4v) is 5.58. The number of nitrogens with zero attached hydrogens (tertiary/aromatic N) is 2. The number of halogens is 1. The van der Waals surface area contributed by atoms with E-state index in [0.717, 1.165) is 42.6 Å². The average Bonchev–Trinajstić information content (AvgIpc) is 3.32. The second-order valence-corrected chi connectivity index (χ2v) is 10.3. The van der Waals surface area contributed by atoms with E-state index in [-0.39, 0.29) is 24.2 Å². The lowest BCUT2D eigenvalue weighted by molar-refractivity contribution is -0.137. The van der Waals surface area contributed by atoms with Crippen LogP contribution in [0, 0.1) is 18.7 Å². The highest BCUT2D eigenvalue weighted by Gasteiger charge is 2.32. The molecule has 0 spiro atoms. The number of hydrogen-bond donors (Lipinski definition) is 1. The second kappa shape index (κ2) is 11.7. The van der Waals surface area contributed by atoms with Gasteiger partial charge in [0, 0.05) is 36.3 Å². The van der Waals surface area contributed by atoms with E-state index in [2.05, 4.69) is 46.3 Å². The fraction of sp³-hybridized carbons (Fsp3) is 0.273. The maximum atomic E-state index is 14.5. The van der Waals surface area contributed by atoms with Gasteiger partial charge in [-0.05, 0) is 90.3 Å². The topological polar surface area (TPSA) is 62.1 Å². The molecule has 1 fully saturated rings. The van der Waals surface area contributed by atoms with Gasteiger partial charge in [0.25, 0.3) is 0 Å². The van der Waals surface area contributed by atoms with Crippen LogP contribution in [-0.4, -0.2) is 37.0 Å². The molecule has 39 heavy (non-hydrogen) atoms. The molecule has 200 valence electrons. The van der Waals surface area contributed by atoms with Gasteiger partial charge in [-0.25, -0.2) is 4.39 Å². The summed E-state index contributed by atoms with van der Waals surface area (Å²) in [6.07, 6.45) is 10.6. The van der Waals surface area contributed by atoms with Gasteiger partial charge in [0.1, 0.15) is 11.6 Å². The number of anilines is 1. The van der Waals surface area contributed by atoms with Crippen LogP contribution in [0.5, 0.6) is 5.75 Å². The summed E-state index contributed by atoms with van der Waals surface area (Å²) in [6.45, 7) is 2.84. The number of methoxy groups -OCH3 is 1. The van der Waals surface area contributed by atoms with Gasteiger partial charge < -0.3 is 14.7 Å². The molecule has 0 saturated carbocycles. The standard InChI is InChI=1S/C33H33FN2O3/c1-22-14-27(31-19-30(39-2)11-12-32(31)34)8-7-26(22)16-23-5-9-28(10-6-23)36-21-25(17-29(36)18-33(37)38)15-24-4-3-13-35-20-24/h3,5-15,19-20,25,29H,4,16-18,21H2,1-2H3,(H,37,38). The van der Waals surface area contributed by atoms with Crippen molar-refractivity contribution in [3.8, 4) is 16.9 Å². The van der Waals surface area contributed by atoms with Gasteiger partial charge in [0.2, 0.25) is 0 Å². The largest absolute Gasteiger partial charge is 0.497 e. The summed E-state index contributed by atoms with van der Waals surface area (Å²) >= 11 is 0. The molecule has 0 bridgehead atoms. The van der Waals surface area contributed by atoms with Crippen LogP contribution in [-0.2, 0) is 11.2 Å². The molecular weight excluding hydrogens is 491 g/mol. The molecule has 3 aromatic rings. The summed E-state index contributed by atoms with van der Waals surface area (Å²) in [5, 5.41) is 9.51. The first kappa shape index (κ1) is 26.4. The summed E-state index contributed by atoms with van der Waals surface area (Å²) < 4.78 is 19.7. The van der Waals surface area contributed by atoms with Crippen molar-refractivity contribution >= 4 is 17.9 Å². The lowest BCUT2D eigenvalue weighted by Gasteiger charge is -2.26. The van der Waals surface area contributed by atoms with E-state index in [9.17, 15) is 14.3 Å².